The van der Waals surface area contributed by atoms with Crippen molar-refractivity contribution in [3.05, 3.63) is 52.1 Å². The Bertz CT molecular complexity index is 839. The first-order valence-corrected chi connectivity index (χ1v) is 9.22. The number of hydrogen-bond acceptors (Lipinski definition) is 6. The highest BCUT2D eigenvalue weighted by Crippen LogP contribution is 2.53. The maximum absolute atomic E-state index is 5.69. The number of hydrogen-bond donors (Lipinski definition) is 0. The summed E-state index contributed by atoms with van der Waals surface area (Å²) in [7, 11) is 0. The van der Waals surface area contributed by atoms with Crippen molar-refractivity contribution < 1.29 is 9.26 Å². The molecule has 1 aliphatic carbocycles. The number of aromatic nitrogens is 3. The van der Waals surface area contributed by atoms with E-state index in [4.69, 9.17) is 9.26 Å². The minimum atomic E-state index is 0.136. The first-order valence-electron chi connectivity index (χ1n) is 8.34. The number of benzene rings is 1. The lowest BCUT2D eigenvalue weighted by Crippen LogP contribution is -1.94. The minimum Gasteiger partial charge on any atom is -0.371 e. The highest BCUT2D eigenvalue weighted by molar-refractivity contribution is 7.10. The summed E-state index contributed by atoms with van der Waals surface area (Å²) in [5.74, 6) is 2.19. The van der Waals surface area contributed by atoms with E-state index in [9.17, 15) is 0 Å². The lowest BCUT2D eigenvalue weighted by Gasteiger charge is -2.02. The number of nitrogens with zero attached hydrogens (tertiary/aromatic N) is 3. The van der Waals surface area contributed by atoms with Crippen LogP contribution in [0.4, 0.5) is 0 Å². The molecule has 0 bridgehead atoms. The van der Waals surface area contributed by atoms with E-state index in [-0.39, 0.29) is 6.10 Å². The summed E-state index contributed by atoms with van der Waals surface area (Å²) in [5.41, 5.74) is 2.12. The highest BCUT2D eigenvalue weighted by Gasteiger charge is 2.43. The average Bonchev–Trinajstić information content (AvgIpc) is 3.10. The van der Waals surface area contributed by atoms with Crippen LogP contribution in [0.15, 0.2) is 40.2 Å². The SMILES string of the molecule is c1ccc([C@H]2C[C@@H]2c2noc(-c3csc(C4CCCO4)n3)n2)cc1. The van der Waals surface area contributed by atoms with E-state index in [1.54, 1.807) is 11.3 Å². The quantitative estimate of drug-likeness (QED) is 0.708. The lowest BCUT2D eigenvalue weighted by atomic mass is 10.1. The van der Waals surface area contributed by atoms with Crippen molar-refractivity contribution in [1.29, 1.82) is 0 Å². The second-order valence-corrected chi connectivity index (χ2v) is 7.28. The maximum Gasteiger partial charge on any atom is 0.277 e. The van der Waals surface area contributed by atoms with Gasteiger partial charge in [-0.05, 0) is 30.7 Å². The van der Waals surface area contributed by atoms with Crippen LogP contribution in [0, 0.1) is 0 Å². The fourth-order valence-electron chi connectivity index (χ4n) is 3.34. The van der Waals surface area contributed by atoms with E-state index in [0.29, 0.717) is 17.7 Å². The lowest BCUT2D eigenvalue weighted by molar-refractivity contribution is 0.112. The van der Waals surface area contributed by atoms with E-state index in [1.807, 2.05) is 11.4 Å². The summed E-state index contributed by atoms with van der Waals surface area (Å²) in [6.45, 7) is 0.826. The third-order valence-electron chi connectivity index (χ3n) is 4.74. The molecule has 2 aliphatic rings. The van der Waals surface area contributed by atoms with Gasteiger partial charge in [-0.15, -0.1) is 11.3 Å². The maximum atomic E-state index is 5.69. The van der Waals surface area contributed by atoms with Crippen molar-refractivity contribution in [2.75, 3.05) is 6.61 Å². The van der Waals surface area contributed by atoms with Crippen LogP contribution in [0.1, 0.15) is 53.6 Å². The van der Waals surface area contributed by atoms with Gasteiger partial charge in [-0.3, -0.25) is 0 Å². The molecule has 2 fully saturated rings. The molecule has 0 N–H and O–H groups in total. The van der Waals surface area contributed by atoms with Gasteiger partial charge in [-0.1, -0.05) is 35.5 Å². The van der Waals surface area contributed by atoms with E-state index in [0.717, 1.165) is 42.4 Å². The molecular formula is C18H17N3O2S. The largest absolute Gasteiger partial charge is 0.371 e. The molecule has 1 aromatic carbocycles. The average molecular weight is 339 g/mol. The molecular weight excluding hydrogens is 322 g/mol. The molecule has 1 unspecified atom stereocenters. The first-order chi connectivity index (χ1) is 11.9. The second kappa shape index (κ2) is 5.79. The highest BCUT2D eigenvalue weighted by atomic mass is 32.1. The van der Waals surface area contributed by atoms with Crippen LogP contribution in [0.25, 0.3) is 11.6 Å². The molecule has 5 rings (SSSR count). The first kappa shape index (κ1) is 14.3. The summed E-state index contributed by atoms with van der Waals surface area (Å²) in [5, 5.41) is 7.18. The summed E-state index contributed by atoms with van der Waals surface area (Å²) in [4.78, 5) is 9.21. The van der Waals surface area contributed by atoms with Crippen LogP contribution in [0.2, 0.25) is 0 Å². The molecule has 5 nitrogen and oxygen atoms in total. The fraction of sp³-hybridized carbons (Fsp3) is 0.389. The van der Waals surface area contributed by atoms with E-state index in [1.165, 1.54) is 5.56 Å². The second-order valence-electron chi connectivity index (χ2n) is 6.39. The van der Waals surface area contributed by atoms with Crippen LogP contribution in [-0.4, -0.2) is 21.7 Å². The zero-order chi connectivity index (χ0) is 15.9. The van der Waals surface area contributed by atoms with Gasteiger partial charge in [0, 0.05) is 17.9 Å². The van der Waals surface area contributed by atoms with Gasteiger partial charge in [0.1, 0.15) is 16.8 Å². The van der Waals surface area contributed by atoms with Crippen LogP contribution >= 0.6 is 11.3 Å². The Morgan fingerprint density at radius 1 is 1.08 bits per heavy atom. The minimum absolute atomic E-state index is 0.136. The molecule has 6 heteroatoms. The van der Waals surface area contributed by atoms with Gasteiger partial charge in [0.15, 0.2) is 5.82 Å². The zero-order valence-corrected chi connectivity index (χ0v) is 13.9. The van der Waals surface area contributed by atoms with E-state index < -0.39 is 0 Å². The van der Waals surface area contributed by atoms with Crippen molar-refractivity contribution in [3.63, 3.8) is 0 Å². The Labute approximate surface area is 143 Å². The monoisotopic (exact) mass is 339 g/mol. The zero-order valence-electron chi connectivity index (χ0n) is 13.1. The van der Waals surface area contributed by atoms with Crippen molar-refractivity contribution in [3.8, 4) is 11.6 Å². The number of ether oxygens (including phenoxy) is 1. The van der Waals surface area contributed by atoms with Crippen LogP contribution in [0.3, 0.4) is 0 Å². The van der Waals surface area contributed by atoms with Gasteiger partial charge in [-0.2, -0.15) is 4.98 Å². The van der Waals surface area contributed by atoms with Crippen molar-refractivity contribution >= 4 is 11.3 Å². The van der Waals surface area contributed by atoms with Gasteiger partial charge in [0.05, 0.1) is 0 Å². The Kier molecular flexibility index (Phi) is 3.45. The fourth-order valence-corrected chi connectivity index (χ4v) is 4.22. The molecule has 0 spiro atoms. The molecule has 2 aromatic heterocycles. The van der Waals surface area contributed by atoms with Crippen LogP contribution in [-0.2, 0) is 4.74 Å². The summed E-state index contributed by atoms with van der Waals surface area (Å²) < 4.78 is 11.1. The van der Waals surface area contributed by atoms with Crippen molar-refractivity contribution in [2.45, 2.75) is 37.2 Å². The third-order valence-corrected chi connectivity index (χ3v) is 5.67. The summed E-state index contributed by atoms with van der Waals surface area (Å²) >= 11 is 1.61. The van der Waals surface area contributed by atoms with Crippen LogP contribution in [0.5, 0.6) is 0 Å². The Hall–Kier alpha value is -2.05. The normalized spacial score (nSPS) is 25.9. The topological polar surface area (TPSA) is 61.0 Å². The molecule has 3 aromatic rings. The molecule has 3 atom stereocenters. The Morgan fingerprint density at radius 2 is 2.00 bits per heavy atom. The third kappa shape index (κ3) is 2.56. The van der Waals surface area contributed by atoms with E-state index >= 15 is 0 Å². The molecule has 122 valence electrons. The van der Waals surface area contributed by atoms with Gasteiger partial charge < -0.3 is 9.26 Å². The van der Waals surface area contributed by atoms with Gasteiger partial charge in [0.25, 0.3) is 5.89 Å². The van der Waals surface area contributed by atoms with Crippen molar-refractivity contribution in [1.82, 2.24) is 15.1 Å². The summed E-state index contributed by atoms with van der Waals surface area (Å²) in [6, 6.07) is 10.5. The van der Waals surface area contributed by atoms with Gasteiger partial charge in [0.2, 0.25) is 0 Å². The summed E-state index contributed by atoms with van der Waals surface area (Å²) in [6.07, 6.45) is 3.37. The Morgan fingerprint density at radius 3 is 2.83 bits per heavy atom. The van der Waals surface area contributed by atoms with Gasteiger partial charge >= 0.3 is 0 Å². The van der Waals surface area contributed by atoms with Gasteiger partial charge in [-0.25, -0.2) is 4.98 Å². The molecule has 1 saturated carbocycles. The van der Waals surface area contributed by atoms with E-state index in [2.05, 4.69) is 39.4 Å². The molecule has 1 aliphatic heterocycles. The smallest absolute Gasteiger partial charge is 0.277 e. The molecule has 0 amide bonds. The standard InChI is InChI=1S/C18H17N3O2S/c1-2-5-11(6-3-1)12-9-13(12)16-20-17(23-21-16)14-10-24-18(19-14)15-7-4-8-22-15/h1-3,5-6,10,12-13,15H,4,7-9H2/t12-,13+,15?/m1/s1. The molecule has 24 heavy (non-hydrogen) atoms. The van der Waals surface area contributed by atoms with Crippen LogP contribution < -0.4 is 0 Å². The predicted octanol–water partition coefficient (Wildman–Crippen LogP) is 4.32. The number of rotatable bonds is 4. The van der Waals surface area contributed by atoms with Crippen molar-refractivity contribution in [2.24, 2.45) is 0 Å². The number of thiazole rings is 1. The molecule has 0 radical (unpaired) electrons. The molecule has 3 heterocycles. The Balaban J connectivity index is 1.33. The predicted molar refractivity (Wildman–Crippen MR) is 89.9 cm³/mol. The molecule has 1 saturated heterocycles.